The summed E-state index contributed by atoms with van der Waals surface area (Å²) in [5.41, 5.74) is -0.364. The van der Waals surface area contributed by atoms with Crippen molar-refractivity contribution in [2.24, 2.45) is 16.1 Å². The topological polar surface area (TPSA) is 54.3 Å². The fourth-order valence-corrected chi connectivity index (χ4v) is 3.06. The van der Waals surface area contributed by atoms with Gasteiger partial charge in [0.15, 0.2) is 5.66 Å². The third-order valence-electron chi connectivity index (χ3n) is 4.66. The van der Waals surface area contributed by atoms with E-state index in [1.807, 2.05) is 35.2 Å². The number of likely N-dealkylation sites (tertiary alicyclic amines) is 1. The van der Waals surface area contributed by atoms with Crippen LogP contribution in [0.3, 0.4) is 0 Å². The maximum atomic E-state index is 12.4. The van der Waals surface area contributed by atoms with E-state index in [4.69, 9.17) is 11.2 Å². The summed E-state index contributed by atoms with van der Waals surface area (Å²) >= 11 is 0. The lowest BCUT2D eigenvalue weighted by atomic mass is 10.0. The largest absolute Gasteiger partial charge is 0.493 e. The Morgan fingerprint density at radius 1 is 1.33 bits per heavy atom. The second-order valence-electron chi connectivity index (χ2n) is 6.51. The molecule has 2 heterocycles. The van der Waals surface area contributed by atoms with Gasteiger partial charge in [-0.15, -0.1) is 12.3 Å². The lowest BCUT2D eigenvalue weighted by Crippen LogP contribution is -2.30. The van der Waals surface area contributed by atoms with Crippen LogP contribution in [0.1, 0.15) is 32.1 Å². The summed E-state index contributed by atoms with van der Waals surface area (Å²) in [4.78, 5) is 14.3. The van der Waals surface area contributed by atoms with E-state index in [9.17, 15) is 4.79 Å². The van der Waals surface area contributed by atoms with Gasteiger partial charge in [-0.3, -0.25) is 4.79 Å². The minimum absolute atomic E-state index is 0.189. The molecule has 0 aliphatic carbocycles. The number of carbonyl (C=O) groups is 1. The SMILES string of the molecule is C#CCCC1(CCC(=O)N2CC[C@H](COc3ccccc3)C2)N=N1. The van der Waals surface area contributed by atoms with Crippen LogP contribution in [0.15, 0.2) is 40.6 Å². The monoisotopic (exact) mass is 325 g/mol. The Hall–Kier alpha value is -2.35. The number of benzene rings is 1. The highest BCUT2D eigenvalue weighted by Gasteiger charge is 2.40. The second kappa shape index (κ2) is 7.48. The number of ether oxygens (including phenoxy) is 1. The summed E-state index contributed by atoms with van der Waals surface area (Å²) in [7, 11) is 0. The van der Waals surface area contributed by atoms with E-state index in [1.54, 1.807) is 0 Å². The molecule has 1 aromatic rings. The summed E-state index contributed by atoms with van der Waals surface area (Å²) < 4.78 is 5.80. The van der Waals surface area contributed by atoms with Gasteiger partial charge in [0.05, 0.1) is 6.61 Å². The van der Waals surface area contributed by atoms with E-state index in [-0.39, 0.29) is 11.6 Å². The summed E-state index contributed by atoms with van der Waals surface area (Å²) in [6.07, 6.45) is 8.86. The van der Waals surface area contributed by atoms with Crippen molar-refractivity contribution in [1.29, 1.82) is 0 Å². The lowest BCUT2D eigenvalue weighted by molar-refractivity contribution is -0.130. The Morgan fingerprint density at radius 3 is 2.83 bits per heavy atom. The molecule has 2 aliphatic rings. The van der Waals surface area contributed by atoms with E-state index in [2.05, 4.69) is 16.1 Å². The first-order chi connectivity index (χ1) is 11.7. The summed E-state index contributed by atoms with van der Waals surface area (Å²) in [5, 5.41) is 8.17. The highest BCUT2D eigenvalue weighted by atomic mass is 16.5. The highest BCUT2D eigenvalue weighted by molar-refractivity contribution is 5.76. The minimum Gasteiger partial charge on any atom is -0.493 e. The molecule has 1 fully saturated rings. The number of amides is 1. The zero-order chi connectivity index (χ0) is 16.8. The van der Waals surface area contributed by atoms with Crippen LogP contribution in [-0.2, 0) is 4.79 Å². The molecule has 1 saturated heterocycles. The molecule has 24 heavy (non-hydrogen) atoms. The Morgan fingerprint density at radius 2 is 2.12 bits per heavy atom. The van der Waals surface area contributed by atoms with Crippen LogP contribution in [0, 0.1) is 18.3 Å². The number of rotatable bonds is 8. The van der Waals surface area contributed by atoms with Crippen molar-refractivity contribution >= 4 is 5.91 Å². The molecule has 1 amide bonds. The third-order valence-corrected chi connectivity index (χ3v) is 4.66. The Kier molecular flexibility index (Phi) is 5.14. The summed E-state index contributed by atoms with van der Waals surface area (Å²) in [5.74, 6) is 4.09. The molecule has 0 bridgehead atoms. The van der Waals surface area contributed by atoms with Crippen LogP contribution < -0.4 is 4.74 Å². The van der Waals surface area contributed by atoms with Crippen molar-refractivity contribution in [3.63, 3.8) is 0 Å². The molecule has 0 aromatic heterocycles. The molecule has 2 aliphatic heterocycles. The fraction of sp³-hybridized carbons (Fsp3) is 0.526. The first kappa shape index (κ1) is 16.5. The van der Waals surface area contributed by atoms with Crippen LogP contribution >= 0.6 is 0 Å². The van der Waals surface area contributed by atoms with Gasteiger partial charge in [-0.05, 0) is 18.6 Å². The molecular formula is C19H23N3O2. The number of carbonyl (C=O) groups excluding carboxylic acids is 1. The molecule has 0 spiro atoms. The maximum absolute atomic E-state index is 12.4. The number of hydrogen-bond donors (Lipinski definition) is 0. The fourth-order valence-electron chi connectivity index (χ4n) is 3.06. The van der Waals surface area contributed by atoms with Gasteiger partial charge in [0.1, 0.15) is 5.75 Å². The number of hydrogen-bond acceptors (Lipinski definition) is 4. The van der Waals surface area contributed by atoms with Crippen LogP contribution in [0.5, 0.6) is 5.75 Å². The first-order valence-electron chi connectivity index (χ1n) is 8.54. The van der Waals surface area contributed by atoms with Gasteiger partial charge in [-0.1, -0.05) is 18.2 Å². The molecule has 1 aromatic carbocycles. The zero-order valence-electron chi connectivity index (χ0n) is 13.9. The normalized spacial score (nSPS) is 20.6. The van der Waals surface area contributed by atoms with E-state index in [0.29, 0.717) is 31.8 Å². The van der Waals surface area contributed by atoms with Gasteiger partial charge < -0.3 is 9.64 Å². The van der Waals surface area contributed by atoms with Crippen molar-refractivity contribution < 1.29 is 9.53 Å². The van der Waals surface area contributed by atoms with Gasteiger partial charge in [-0.2, -0.15) is 10.2 Å². The predicted molar refractivity (Wildman–Crippen MR) is 91.5 cm³/mol. The quantitative estimate of drug-likeness (QED) is 0.689. The molecule has 1 atom stereocenters. The minimum atomic E-state index is -0.364. The lowest BCUT2D eigenvalue weighted by Gasteiger charge is -2.18. The number of nitrogens with zero attached hydrogens (tertiary/aromatic N) is 3. The second-order valence-corrected chi connectivity index (χ2v) is 6.51. The standard InChI is InChI=1S/C19H23N3O2/c1-2-3-11-19(20-21-19)12-9-18(23)22-13-10-16(14-22)15-24-17-7-5-4-6-8-17/h1,4-8,16H,3,9-15H2/t16-/m0/s1. The predicted octanol–water partition coefficient (Wildman–Crippen LogP) is 3.27. The van der Waals surface area contributed by atoms with Gasteiger partial charge >= 0.3 is 0 Å². The van der Waals surface area contributed by atoms with Gasteiger partial charge in [0.25, 0.3) is 0 Å². The van der Waals surface area contributed by atoms with E-state index < -0.39 is 0 Å². The molecule has 5 nitrogen and oxygen atoms in total. The Balaban J connectivity index is 1.37. The smallest absolute Gasteiger partial charge is 0.222 e. The molecule has 0 N–H and O–H groups in total. The molecule has 126 valence electrons. The van der Waals surface area contributed by atoms with E-state index in [0.717, 1.165) is 31.7 Å². The summed E-state index contributed by atoms with van der Waals surface area (Å²) in [6.45, 7) is 2.25. The molecule has 0 radical (unpaired) electrons. The van der Waals surface area contributed by atoms with Crippen LogP contribution in [0.25, 0.3) is 0 Å². The number of para-hydroxylation sites is 1. The third kappa shape index (κ3) is 4.35. The van der Waals surface area contributed by atoms with Crippen LogP contribution in [-0.4, -0.2) is 36.2 Å². The molecular weight excluding hydrogens is 302 g/mol. The molecule has 5 heteroatoms. The zero-order valence-corrected chi connectivity index (χ0v) is 13.9. The number of terminal acetylenes is 1. The van der Waals surface area contributed by atoms with Crippen molar-refractivity contribution in [2.45, 2.75) is 37.8 Å². The molecule has 0 saturated carbocycles. The Labute approximate surface area is 143 Å². The van der Waals surface area contributed by atoms with Crippen LogP contribution in [0.2, 0.25) is 0 Å². The van der Waals surface area contributed by atoms with Crippen molar-refractivity contribution in [1.82, 2.24) is 4.90 Å². The maximum Gasteiger partial charge on any atom is 0.222 e. The van der Waals surface area contributed by atoms with Crippen molar-refractivity contribution in [2.75, 3.05) is 19.7 Å². The average molecular weight is 325 g/mol. The van der Waals surface area contributed by atoms with Gasteiger partial charge in [0, 0.05) is 44.7 Å². The average Bonchev–Trinajstić information content (AvgIpc) is 3.23. The first-order valence-corrected chi connectivity index (χ1v) is 8.54. The van der Waals surface area contributed by atoms with Crippen molar-refractivity contribution in [3.8, 4) is 18.1 Å². The van der Waals surface area contributed by atoms with Crippen molar-refractivity contribution in [3.05, 3.63) is 30.3 Å². The van der Waals surface area contributed by atoms with E-state index >= 15 is 0 Å². The van der Waals surface area contributed by atoms with Crippen LogP contribution in [0.4, 0.5) is 0 Å². The van der Waals surface area contributed by atoms with E-state index in [1.165, 1.54) is 0 Å². The molecule has 3 rings (SSSR count). The molecule has 0 unspecified atom stereocenters. The Bertz CT molecular complexity index is 630. The highest BCUT2D eigenvalue weighted by Crippen LogP contribution is 2.37. The van der Waals surface area contributed by atoms with Gasteiger partial charge in [-0.25, -0.2) is 0 Å². The summed E-state index contributed by atoms with van der Waals surface area (Å²) in [6, 6.07) is 9.80. The van der Waals surface area contributed by atoms with Gasteiger partial charge in [0.2, 0.25) is 5.91 Å².